The van der Waals surface area contributed by atoms with Crippen molar-refractivity contribution >= 4 is 12.0 Å². The van der Waals surface area contributed by atoms with Crippen molar-refractivity contribution in [2.24, 2.45) is 0 Å². The first-order valence-electron chi connectivity index (χ1n) is 6.29. The van der Waals surface area contributed by atoms with Crippen LogP contribution in [-0.2, 0) is 9.53 Å². The molecule has 0 bridgehead atoms. The number of rotatable bonds is 5. The zero-order valence-corrected chi connectivity index (χ0v) is 11.5. The van der Waals surface area contributed by atoms with Gasteiger partial charge in [0.1, 0.15) is 6.54 Å². The predicted octanol–water partition coefficient (Wildman–Crippen LogP) is 1.92. The van der Waals surface area contributed by atoms with Gasteiger partial charge >= 0.3 is 12.0 Å². The summed E-state index contributed by atoms with van der Waals surface area (Å²) in [5, 5.41) is 5.21. The molecule has 1 rings (SSSR count). The second kappa shape index (κ2) is 7.41. The largest absolute Gasteiger partial charge is 0.465 e. The monoisotopic (exact) mass is 264 g/mol. The van der Waals surface area contributed by atoms with Gasteiger partial charge < -0.3 is 15.4 Å². The summed E-state index contributed by atoms with van der Waals surface area (Å²) < 4.78 is 4.71. The lowest BCUT2D eigenvalue weighted by Gasteiger charge is -2.15. The van der Waals surface area contributed by atoms with E-state index in [2.05, 4.69) is 10.6 Å². The van der Waals surface area contributed by atoms with Crippen LogP contribution >= 0.6 is 0 Å². The molecule has 1 aromatic rings. The van der Waals surface area contributed by atoms with Gasteiger partial charge in [0.25, 0.3) is 0 Å². The Morgan fingerprint density at radius 2 is 1.89 bits per heavy atom. The Hall–Kier alpha value is -2.04. The van der Waals surface area contributed by atoms with Gasteiger partial charge in [-0.1, -0.05) is 29.8 Å². The Morgan fingerprint density at radius 3 is 2.47 bits per heavy atom. The van der Waals surface area contributed by atoms with Crippen molar-refractivity contribution in [3.63, 3.8) is 0 Å². The van der Waals surface area contributed by atoms with Crippen molar-refractivity contribution in [2.45, 2.75) is 26.8 Å². The van der Waals surface area contributed by atoms with Crippen LogP contribution in [0.15, 0.2) is 24.3 Å². The van der Waals surface area contributed by atoms with E-state index in [0.29, 0.717) is 6.61 Å². The van der Waals surface area contributed by atoms with Crippen LogP contribution in [0.1, 0.15) is 31.0 Å². The molecule has 0 saturated heterocycles. The van der Waals surface area contributed by atoms with Crippen molar-refractivity contribution in [3.05, 3.63) is 35.4 Å². The normalized spacial score (nSPS) is 11.5. The zero-order valence-electron chi connectivity index (χ0n) is 11.5. The molecule has 19 heavy (non-hydrogen) atoms. The van der Waals surface area contributed by atoms with Crippen LogP contribution in [0, 0.1) is 6.92 Å². The van der Waals surface area contributed by atoms with Crippen LogP contribution in [0.4, 0.5) is 4.79 Å². The van der Waals surface area contributed by atoms with Crippen LogP contribution in [-0.4, -0.2) is 25.2 Å². The fraction of sp³-hybridized carbons (Fsp3) is 0.429. The lowest BCUT2D eigenvalue weighted by Crippen LogP contribution is -2.40. The summed E-state index contributed by atoms with van der Waals surface area (Å²) in [5.74, 6) is -0.444. The molecule has 1 unspecified atom stereocenters. The Balaban J connectivity index is 2.39. The van der Waals surface area contributed by atoms with Gasteiger partial charge in [-0.15, -0.1) is 0 Å². The second-order valence-electron chi connectivity index (χ2n) is 4.26. The van der Waals surface area contributed by atoms with E-state index in [-0.39, 0.29) is 18.6 Å². The van der Waals surface area contributed by atoms with Crippen LogP contribution in [0.5, 0.6) is 0 Å². The van der Waals surface area contributed by atoms with E-state index >= 15 is 0 Å². The number of hydrogen-bond acceptors (Lipinski definition) is 3. The van der Waals surface area contributed by atoms with Gasteiger partial charge in [0.05, 0.1) is 12.6 Å². The number of carbonyl (C=O) groups excluding carboxylic acids is 2. The molecular weight excluding hydrogens is 244 g/mol. The van der Waals surface area contributed by atoms with Gasteiger partial charge in [-0.25, -0.2) is 4.79 Å². The summed E-state index contributed by atoms with van der Waals surface area (Å²) in [6.45, 7) is 5.79. The van der Waals surface area contributed by atoms with E-state index in [1.54, 1.807) is 6.92 Å². The van der Waals surface area contributed by atoms with Crippen molar-refractivity contribution in [3.8, 4) is 0 Å². The molecule has 0 radical (unpaired) electrons. The summed E-state index contributed by atoms with van der Waals surface area (Å²) in [7, 11) is 0. The number of nitrogens with one attached hydrogen (secondary N) is 2. The molecule has 0 aliphatic rings. The molecule has 5 heteroatoms. The van der Waals surface area contributed by atoms with Crippen LogP contribution in [0.25, 0.3) is 0 Å². The van der Waals surface area contributed by atoms with Crippen molar-refractivity contribution in [1.29, 1.82) is 0 Å². The minimum absolute atomic E-state index is 0.122. The minimum atomic E-state index is -0.444. The Morgan fingerprint density at radius 1 is 1.26 bits per heavy atom. The maximum Gasteiger partial charge on any atom is 0.325 e. The molecule has 5 nitrogen and oxygen atoms in total. The predicted molar refractivity (Wildman–Crippen MR) is 72.8 cm³/mol. The Kier molecular flexibility index (Phi) is 5.85. The van der Waals surface area contributed by atoms with Crippen molar-refractivity contribution in [1.82, 2.24) is 10.6 Å². The molecule has 0 heterocycles. The molecule has 0 fully saturated rings. The van der Waals surface area contributed by atoms with Gasteiger partial charge in [-0.2, -0.15) is 0 Å². The van der Waals surface area contributed by atoms with E-state index in [1.165, 1.54) is 5.56 Å². The topological polar surface area (TPSA) is 67.4 Å². The maximum atomic E-state index is 11.6. The Labute approximate surface area is 113 Å². The first-order valence-corrected chi connectivity index (χ1v) is 6.29. The number of urea groups is 1. The highest BCUT2D eigenvalue weighted by Crippen LogP contribution is 2.12. The summed E-state index contributed by atoms with van der Waals surface area (Å²) >= 11 is 0. The molecule has 1 atom stereocenters. The Bertz CT molecular complexity index is 429. The van der Waals surface area contributed by atoms with E-state index in [4.69, 9.17) is 4.74 Å². The summed E-state index contributed by atoms with van der Waals surface area (Å²) in [6.07, 6.45) is 0. The third kappa shape index (κ3) is 5.42. The third-order valence-corrected chi connectivity index (χ3v) is 2.62. The molecule has 0 aliphatic carbocycles. The van der Waals surface area contributed by atoms with Crippen LogP contribution in [0.3, 0.4) is 0 Å². The number of esters is 1. The van der Waals surface area contributed by atoms with E-state index in [1.807, 2.05) is 38.1 Å². The van der Waals surface area contributed by atoms with Crippen molar-refractivity contribution < 1.29 is 14.3 Å². The van der Waals surface area contributed by atoms with Gasteiger partial charge in [0.15, 0.2) is 0 Å². The number of aryl methyl sites for hydroxylation is 1. The maximum absolute atomic E-state index is 11.6. The van der Waals surface area contributed by atoms with E-state index < -0.39 is 5.97 Å². The molecule has 0 spiro atoms. The molecular formula is C14H20N2O3. The highest BCUT2D eigenvalue weighted by atomic mass is 16.5. The fourth-order valence-electron chi connectivity index (χ4n) is 1.55. The molecule has 2 amide bonds. The highest BCUT2D eigenvalue weighted by molar-refractivity contribution is 5.80. The number of hydrogen-bond donors (Lipinski definition) is 2. The van der Waals surface area contributed by atoms with E-state index in [9.17, 15) is 9.59 Å². The smallest absolute Gasteiger partial charge is 0.325 e. The van der Waals surface area contributed by atoms with Gasteiger partial charge in [-0.3, -0.25) is 4.79 Å². The second-order valence-corrected chi connectivity index (χ2v) is 4.26. The summed E-state index contributed by atoms with van der Waals surface area (Å²) in [6, 6.07) is 7.40. The standard InChI is InChI=1S/C14H20N2O3/c1-4-19-13(17)9-15-14(18)16-11(3)12-7-5-10(2)6-8-12/h5-8,11H,4,9H2,1-3H3,(H2,15,16,18). The average molecular weight is 264 g/mol. The molecule has 0 aliphatic heterocycles. The number of benzene rings is 1. The SMILES string of the molecule is CCOC(=O)CNC(=O)NC(C)c1ccc(C)cc1. The first kappa shape index (κ1) is 15.0. The van der Waals surface area contributed by atoms with Gasteiger partial charge in [0.2, 0.25) is 0 Å². The molecule has 0 aromatic heterocycles. The van der Waals surface area contributed by atoms with Gasteiger partial charge in [0, 0.05) is 0 Å². The van der Waals surface area contributed by atoms with Crippen LogP contribution < -0.4 is 10.6 Å². The highest BCUT2D eigenvalue weighted by Gasteiger charge is 2.10. The van der Waals surface area contributed by atoms with Crippen LogP contribution in [0.2, 0.25) is 0 Å². The zero-order chi connectivity index (χ0) is 14.3. The lowest BCUT2D eigenvalue weighted by molar-refractivity contribution is -0.141. The third-order valence-electron chi connectivity index (χ3n) is 2.62. The number of amides is 2. The molecule has 104 valence electrons. The fourth-order valence-corrected chi connectivity index (χ4v) is 1.55. The van der Waals surface area contributed by atoms with Gasteiger partial charge in [-0.05, 0) is 26.3 Å². The molecule has 1 aromatic carbocycles. The summed E-state index contributed by atoms with van der Waals surface area (Å²) in [5.41, 5.74) is 2.18. The average Bonchev–Trinajstić information content (AvgIpc) is 2.37. The summed E-state index contributed by atoms with van der Waals surface area (Å²) in [4.78, 5) is 22.6. The molecule has 0 saturated carbocycles. The molecule has 2 N–H and O–H groups in total. The van der Waals surface area contributed by atoms with Crippen molar-refractivity contribution in [2.75, 3.05) is 13.2 Å². The van der Waals surface area contributed by atoms with E-state index in [0.717, 1.165) is 5.56 Å². The quantitative estimate of drug-likeness (QED) is 0.798. The lowest BCUT2D eigenvalue weighted by atomic mass is 10.1. The number of ether oxygens (including phenoxy) is 1. The number of carbonyl (C=O) groups is 2. The first-order chi connectivity index (χ1) is 9.02. The minimum Gasteiger partial charge on any atom is -0.465 e.